The number of nitrogens with zero attached hydrogens (tertiary/aromatic N) is 1. The second-order valence-electron chi connectivity index (χ2n) is 4.21. The molecule has 1 aromatic heterocycles. The Bertz CT molecular complexity index is 722. The SMILES string of the molecule is O=S(=O)(NCC(O)c1ccccc1F)c1ccc(Cl)nc1. The lowest BCUT2D eigenvalue weighted by Gasteiger charge is -2.13. The van der Waals surface area contributed by atoms with Gasteiger partial charge in [-0.2, -0.15) is 0 Å². The van der Waals surface area contributed by atoms with Crippen LogP contribution in [0.3, 0.4) is 0 Å². The van der Waals surface area contributed by atoms with E-state index in [-0.39, 0.29) is 22.2 Å². The molecule has 0 fully saturated rings. The van der Waals surface area contributed by atoms with Crippen LogP contribution in [-0.4, -0.2) is 25.1 Å². The zero-order valence-electron chi connectivity index (χ0n) is 10.7. The fourth-order valence-corrected chi connectivity index (χ4v) is 2.74. The van der Waals surface area contributed by atoms with Crippen LogP contribution >= 0.6 is 11.6 Å². The van der Waals surface area contributed by atoms with Gasteiger partial charge in [0.15, 0.2) is 0 Å². The Labute approximate surface area is 126 Å². The average Bonchev–Trinajstić information content (AvgIpc) is 2.46. The molecule has 0 radical (unpaired) electrons. The Morgan fingerprint density at radius 2 is 2.00 bits per heavy atom. The first kappa shape index (κ1) is 15.8. The predicted octanol–water partition coefficient (Wildman–Crippen LogP) is 1.89. The van der Waals surface area contributed by atoms with Gasteiger partial charge in [-0.1, -0.05) is 29.8 Å². The van der Waals surface area contributed by atoms with Gasteiger partial charge in [0.05, 0.1) is 6.10 Å². The van der Waals surface area contributed by atoms with Crippen molar-refractivity contribution in [1.29, 1.82) is 0 Å². The van der Waals surface area contributed by atoms with Crippen molar-refractivity contribution in [3.63, 3.8) is 0 Å². The number of aromatic nitrogens is 1. The smallest absolute Gasteiger partial charge is 0.242 e. The lowest BCUT2D eigenvalue weighted by atomic mass is 10.1. The molecule has 2 aromatic rings. The quantitative estimate of drug-likeness (QED) is 0.820. The maximum absolute atomic E-state index is 13.5. The zero-order valence-corrected chi connectivity index (χ0v) is 12.3. The van der Waals surface area contributed by atoms with Crippen molar-refractivity contribution in [2.24, 2.45) is 0 Å². The Balaban J connectivity index is 2.08. The van der Waals surface area contributed by atoms with Crippen LogP contribution in [0.2, 0.25) is 5.15 Å². The van der Waals surface area contributed by atoms with Gasteiger partial charge in [0.1, 0.15) is 15.9 Å². The summed E-state index contributed by atoms with van der Waals surface area (Å²) in [6, 6.07) is 8.24. The van der Waals surface area contributed by atoms with Gasteiger partial charge in [-0.15, -0.1) is 0 Å². The van der Waals surface area contributed by atoms with E-state index in [1.165, 1.54) is 30.3 Å². The summed E-state index contributed by atoms with van der Waals surface area (Å²) < 4.78 is 39.6. The van der Waals surface area contributed by atoms with Gasteiger partial charge in [0.2, 0.25) is 10.0 Å². The number of aliphatic hydroxyl groups excluding tert-OH is 1. The van der Waals surface area contributed by atoms with Crippen LogP contribution in [-0.2, 0) is 10.0 Å². The summed E-state index contributed by atoms with van der Waals surface area (Å²) in [6.45, 7) is -0.355. The fraction of sp³-hybridized carbons (Fsp3) is 0.154. The molecular weight excluding hydrogens is 319 g/mol. The molecule has 2 rings (SSSR count). The van der Waals surface area contributed by atoms with Crippen LogP contribution in [0, 0.1) is 5.82 Å². The lowest BCUT2D eigenvalue weighted by Crippen LogP contribution is -2.29. The molecule has 1 heterocycles. The molecule has 8 heteroatoms. The first-order valence-corrected chi connectivity index (χ1v) is 7.80. The number of aliphatic hydroxyl groups is 1. The topological polar surface area (TPSA) is 79.3 Å². The number of hydrogen-bond acceptors (Lipinski definition) is 4. The highest BCUT2D eigenvalue weighted by Crippen LogP contribution is 2.17. The monoisotopic (exact) mass is 330 g/mol. The third kappa shape index (κ3) is 3.98. The molecular formula is C13H12ClFN2O3S. The number of benzene rings is 1. The summed E-state index contributed by atoms with van der Waals surface area (Å²) in [5, 5.41) is 10.0. The minimum Gasteiger partial charge on any atom is -0.387 e. The number of pyridine rings is 1. The van der Waals surface area contributed by atoms with E-state index in [4.69, 9.17) is 11.6 Å². The van der Waals surface area contributed by atoms with E-state index in [2.05, 4.69) is 9.71 Å². The first-order valence-electron chi connectivity index (χ1n) is 5.94. The molecule has 1 atom stereocenters. The van der Waals surface area contributed by atoms with Gasteiger partial charge in [-0.25, -0.2) is 22.5 Å². The van der Waals surface area contributed by atoms with E-state index >= 15 is 0 Å². The highest BCUT2D eigenvalue weighted by atomic mass is 35.5. The molecule has 0 bridgehead atoms. The van der Waals surface area contributed by atoms with Crippen molar-refractivity contribution >= 4 is 21.6 Å². The molecule has 1 aromatic carbocycles. The highest BCUT2D eigenvalue weighted by molar-refractivity contribution is 7.89. The van der Waals surface area contributed by atoms with Crippen molar-refractivity contribution in [1.82, 2.24) is 9.71 Å². The molecule has 0 aliphatic rings. The van der Waals surface area contributed by atoms with E-state index in [1.807, 2.05) is 0 Å². The Kier molecular flexibility index (Phi) is 4.89. The van der Waals surface area contributed by atoms with E-state index in [1.54, 1.807) is 6.07 Å². The molecule has 112 valence electrons. The molecule has 0 amide bonds. The largest absolute Gasteiger partial charge is 0.387 e. The van der Waals surface area contributed by atoms with Crippen molar-refractivity contribution in [3.05, 3.63) is 59.1 Å². The van der Waals surface area contributed by atoms with Gasteiger partial charge in [-0.05, 0) is 18.2 Å². The van der Waals surface area contributed by atoms with E-state index in [0.717, 1.165) is 6.20 Å². The first-order chi connectivity index (χ1) is 9.90. The normalized spacial score (nSPS) is 13.1. The Morgan fingerprint density at radius 3 is 2.62 bits per heavy atom. The third-order valence-electron chi connectivity index (χ3n) is 2.74. The van der Waals surface area contributed by atoms with Crippen LogP contribution in [0.25, 0.3) is 0 Å². The van der Waals surface area contributed by atoms with Gasteiger partial charge in [-0.3, -0.25) is 0 Å². The highest BCUT2D eigenvalue weighted by Gasteiger charge is 2.18. The van der Waals surface area contributed by atoms with Crippen LogP contribution in [0.1, 0.15) is 11.7 Å². The summed E-state index contributed by atoms with van der Waals surface area (Å²) in [6.07, 6.45) is -0.193. The summed E-state index contributed by atoms with van der Waals surface area (Å²) in [5.41, 5.74) is 0.0226. The number of hydrogen-bond donors (Lipinski definition) is 2. The Hall–Kier alpha value is -1.54. The fourth-order valence-electron chi connectivity index (χ4n) is 1.65. The maximum Gasteiger partial charge on any atom is 0.242 e. The summed E-state index contributed by atoms with van der Waals surface area (Å²) >= 11 is 5.58. The Morgan fingerprint density at radius 1 is 1.29 bits per heavy atom. The number of rotatable bonds is 5. The molecule has 1 unspecified atom stereocenters. The zero-order chi connectivity index (χ0) is 15.5. The van der Waals surface area contributed by atoms with Crippen molar-refractivity contribution in [3.8, 4) is 0 Å². The maximum atomic E-state index is 13.5. The minimum absolute atomic E-state index is 0.0226. The van der Waals surface area contributed by atoms with Crippen LogP contribution in [0.15, 0.2) is 47.5 Å². The predicted molar refractivity (Wildman–Crippen MR) is 75.8 cm³/mol. The van der Waals surface area contributed by atoms with Crippen molar-refractivity contribution < 1.29 is 17.9 Å². The van der Waals surface area contributed by atoms with Crippen molar-refractivity contribution in [2.75, 3.05) is 6.54 Å². The summed E-state index contributed by atoms with van der Waals surface area (Å²) in [5.74, 6) is -0.600. The molecule has 0 aliphatic carbocycles. The average molecular weight is 331 g/mol. The molecule has 2 N–H and O–H groups in total. The van der Waals surface area contributed by atoms with E-state index in [0.29, 0.717) is 0 Å². The molecule has 0 spiro atoms. The van der Waals surface area contributed by atoms with Gasteiger partial charge < -0.3 is 5.11 Å². The second-order valence-corrected chi connectivity index (χ2v) is 6.36. The standard InChI is InChI=1S/C13H12ClFN2O3S/c14-13-6-5-9(7-16-13)21(19,20)17-8-12(18)10-3-1-2-4-11(10)15/h1-7,12,17-18H,8H2. The van der Waals surface area contributed by atoms with Gasteiger partial charge >= 0.3 is 0 Å². The van der Waals surface area contributed by atoms with E-state index in [9.17, 15) is 17.9 Å². The molecule has 0 saturated heterocycles. The second kappa shape index (κ2) is 6.48. The molecule has 5 nitrogen and oxygen atoms in total. The lowest BCUT2D eigenvalue weighted by molar-refractivity contribution is 0.177. The summed E-state index contributed by atoms with van der Waals surface area (Å²) in [4.78, 5) is 3.58. The van der Waals surface area contributed by atoms with Gasteiger partial charge in [0.25, 0.3) is 0 Å². The van der Waals surface area contributed by atoms with Crippen LogP contribution in [0.4, 0.5) is 4.39 Å². The number of nitrogens with one attached hydrogen (secondary N) is 1. The van der Waals surface area contributed by atoms with E-state index < -0.39 is 21.9 Å². The van der Waals surface area contributed by atoms with Gasteiger partial charge in [0, 0.05) is 18.3 Å². The van der Waals surface area contributed by atoms with Crippen LogP contribution in [0.5, 0.6) is 0 Å². The third-order valence-corrected chi connectivity index (χ3v) is 4.37. The summed E-state index contributed by atoms with van der Waals surface area (Å²) in [7, 11) is -3.85. The van der Waals surface area contributed by atoms with Crippen molar-refractivity contribution in [2.45, 2.75) is 11.0 Å². The number of halogens is 2. The number of sulfonamides is 1. The molecule has 0 aliphatic heterocycles. The minimum atomic E-state index is -3.85. The molecule has 21 heavy (non-hydrogen) atoms. The molecule has 0 saturated carbocycles. The van der Waals surface area contributed by atoms with Crippen LogP contribution < -0.4 is 4.72 Å².